The van der Waals surface area contributed by atoms with Crippen molar-refractivity contribution in [3.63, 3.8) is 0 Å². The summed E-state index contributed by atoms with van der Waals surface area (Å²) in [6.45, 7) is 5.51. The van der Waals surface area contributed by atoms with E-state index in [0.717, 1.165) is 25.7 Å². The van der Waals surface area contributed by atoms with Gasteiger partial charge in [-0.3, -0.25) is 9.59 Å². The second-order valence-electron chi connectivity index (χ2n) is 4.73. The van der Waals surface area contributed by atoms with Crippen molar-refractivity contribution in [2.75, 3.05) is 0 Å². The smallest absolute Gasteiger partial charge is 0.308 e. The highest BCUT2D eigenvalue weighted by atomic mass is 16.5. The third kappa shape index (κ3) is 4.86. The summed E-state index contributed by atoms with van der Waals surface area (Å²) in [5, 5.41) is 0. The average molecular weight is 262 g/mol. The number of unbranched alkanes of at least 4 members (excludes halogenated alkanes) is 1. The van der Waals surface area contributed by atoms with E-state index in [2.05, 4.69) is 6.92 Å². The Balaban J connectivity index is 2.82. The first kappa shape index (κ1) is 15.4. The number of hydrogen-bond acceptors (Lipinski definition) is 3. The molecular formula is C16H22O3. The molecule has 1 rings (SSSR count). The zero-order valence-corrected chi connectivity index (χ0v) is 11.9. The summed E-state index contributed by atoms with van der Waals surface area (Å²) in [6.07, 6.45) is 3.92. The van der Waals surface area contributed by atoms with Gasteiger partial charge in [-0.25, -0.2) is 0 Å². The third-order valence-corrected chi connectivity index (χ3v) is 3.15. The Morgan fingerprint density at radius 1 is 1.26 bits per heavy atom. The number of Topliss-reactive ketones (excluding diaryl/α,β-unsaturated/α-hetero) is 1. The number of carbonyl (C=O) groups excluding carboxylic acids is 2. The quantitative estimate of drug-likeness (QED) is 0.423. The SMILES string of the molecule is CCCCC(CC)C(=O)c1cccc(OC(C)=O)c1. The molecule has 104 valence electrons. The van der Waals surface area contributed by atoms with Gasteiger partial charge in [0, 0.05) is 18.4 Å². The van der Waals surface area contributed by atoms with Crippen LogP contribution in [0.2, 0.25) is 0 Å². The van der Waals surface area contributed by atoms with E-state index in [9.17, 15) is 9.59 Å². The monoisotopic (exact) mass is 262 g/mol. The number of rotatable bonds is 7. The average Bonchev–Trinajstić information content (AvgIpc) is 2.39. The largest absolute Gasteiger partial charge is 0.427 e. The molecule has 19 heavy (non-hydrogen) atoms. The molecular weight excluding hydrogens is 240 g/mol. The van der Waals surface area contributed by atoms with Gasteiger partial charge in [0.25, 0.3) is 0 Å². The summed E-state index contributed by atoms with van der Waals surface area (Å²) < 4.78 is 5.01. The van der Waals surface area contributed by atoms with Crippen LogP contribution in [-0.2, 0) is 4.79 Å². The number of ether oxygens (including phenoxy) is 1. The maximum Gasteiger partial charge on any atom is 0.308 e. The van der Waals surface area contributed by atoms with E-state index < -0.39 is 0 Å². The molecule has 0 aliphatic heterocycles. The number of ketones is 1. The van der Waals surface area contributed by atoms with E-state index in [4.69, 9.17) is 4.74 Å². The minimum atomic E-state index is -0.373. The van der Waals surface area contributed by atoms with Crippen molar-refractivity contribution in [1.82, 2.24) is 0 Å². The maximum atomic E-state index is 12.4. The molecule has 0 spiro atoms. The van der Waals surface area contributed by atoms with Crippen molar-refractivity contribution >= 4 is 11.8 Å². The van der Waals surface area contributed by atoms with Crippen LogP contribution in [-0.4, -0.2) is 11.8 Å². The van der Waals surface area contributed by atoms with Crippen LogP contribution in [0.25, 0.3) is 0 Å². The summed E-state index contributed by atoms with van der Waals surface area (Å²) in [6, 6.07) is 6.87. The number of benzene rings is 1. The van der Waals surface area contributed by atoms with Gasteiger partial charge in [0.15, 0.2) is 5.78 Å². The van der Waals surface area contributed by atoms with Crippen LogP contribution in [0.3, 0.4) is 0 Å². The van der Waals surface area contributed by atoms with Crippen LogP contribution >= 0.6 is 0 Å². The zero-order chi connectivity index (χ0) is 14.3. The molecule has 0 aliphatic rings. The first-order chi connectivity index (χ1) is 9.08. The fourth-order valence-corrected chi connectivity index (χ4v) is 2.09. The van der Waals surface area contributed by atoms with Crippen LogP contribution in [0, 0.1) is 5.92 Å². The fraction of sp³-hybridized carbons (Fsp3) is 0.500. The number of esters is 1. The minimum Gasteiger partial charge on any atom is -0.427 e. The Bertz CT molecular complexity index is 437. The Hall–Kier alpha value is -1.64. The third-order valence-electron chi connectivity index (χ3n) is 3.15. The van der Waals surface area contributed by atoms with Crippen LogP contribution in [0.5, 0.6) is 5.75 Å². The van der Waals surface area contributed by atoms with Crippen molar-refractivity contribution in [2.24, 2.45) is 5.92 Å². The fourth-order valence-electron chi connectivity index (χ4n) is 2.09. The Labute approximate surface area is 115 Å². The van der Waals surface area contributed by atoms with Gasteiger partial charge in [0.2, 0.25) is 0 Å². The molecule has 0 amide bonds. The standard InChI is InChI=1S/C16H22O3/c1-4-6-8-13(5-2)16(18)14-9-7-10-15(11-14)19-12(3)17/h7,9-11,13H,4-6,8H2,1-3H3. The molecule has 3 nitrogen and oxygen atoms in total. The normalized spacial score (nSPS) is 11.9. The topological polar surface area (TPSA) is 43.4 Å². The van der Waals surface area contributed by atoms with Crippen molar-refractivity contribution in [2.45, 2.75) is 46.5 Å². The Kier molecular flexibility index (Phi) is 6.26. The van der Waals surface area contributed by atoms with Crippen LogP contribution in [0.15, 0.2) is 24.3 Å². The maximum absolute atomic E-state index is 12.4. The first-order valence-electron chi connectivity index (χ1n) is 6.91. The minimum absolute atomic E-state index is 0.0625. The molecule has 3 heteroatoms. The highest BCUT2D eigenvalue weighted by Gasteiger charge is 2.18. The van der Waals surface area contributed by atoms with E-state index in [1.165, 1.54) is 6.92 Å². The van der Waals surface area contributed by atoms with Crippen molar-refractivity contribution in [3.8, 4) is 5.75 Å². The van der Waals surface area contributed by atoms with Gasteiger partial charge in [-0.2, -0.15) is 0 Å². The van der Waals surface area contributed by atoms with E-state index in [1.54, 1.807) is 24.3 Å². The molecule has 0 bridgehead atoms. The van der Waals surface area contributed by atoms with Crippen LogP contribution in [0.1, 0.15) is 56.8 Å². The molecule has 0 aromatic heterocycles. The molecule has 0 fully saturated rings. The van der Waals surface area contributed by atoms with Gasteiger partial charge in [-0.1, -0.05) is 38.8 Å². The van der Waals surface area contributed by atoms with Crippen LogP contribution in [0.4, 0.5) is 0 Å². The van der Waals surface area contributed by atoms with Crippen molar-refractivity contribution < 1.29 is 14.3 Å². The predicted octanol–water partition coefficient (Wildman–Crippen LogP) is 4.01. The Morgan fingerprint density at radius 3 is 2.58 bits per heavy atom. The molecule has 0 radical (unpaired) electrons. The van der Waals surface area contributed by atoms with Crippen LogP contribution < -0.4 is 4.74 Å². The summed E-state index contributed by atoms with van der Waals surface area (Å²) in [7, 11) is 0. The highest BCUT2D eigenvalue weighted by Crippen LogP contribution is 2.21. The molecule has 1 atom stereocenters. The summed E-state index contributed by atoms with van der Waals surface area (Å²) >= 11 is 0. The van der Waals surface area contributed by atoms with E-state index in [1.807, 2.05) is 6.92 Å². The molecule has 0 saturated carbocycles. The van der Waals surface area contributed by atoms with E-state index >= 15 is 0 Å². The number of hydrogen-bond donors (Lipinski definition) is 0. The lowest BCUT2D eigenvalue weighted by Gasteiger charge is -2.13. The summed E-state index contributed by atoms with van der Waals surface area (Å²) in [4.78, 5) is 23.3. The molecule has 1 aromatic rings. The van der Waals surface area contributed by atoms with Gasteiger partial charge in [0.1, 0.15) is 5.75 Å². The van der Waals surface area contributed by atoms with Gasteiger partial charge >= 0.3 is 5.97 Å². The van der Waals surface area contributed by atoms with Crippen molar-refractivity contribution in [1.29, 1.82) is 0 Å². The van der Waals surface area contributed by atoms with Gasteiger partial charge in [-0.15, -0.1) is 0 Å². The predicted molar refractivity (Wildman–Crippen MR) is 75.4 cm³/mol. The zero-order valence-electron chi connectivity index (χ0n) is 11.9. The lowest BCUT2D eigenvalue weighted by molar-refractivity contribution is -0.131. The van der Waals surface area contributed by atoms with Gasteiger partial charge in [-0.05, 0) is 25.0 Å². The lowest BCUT2D eigenvalue weighted by atomic mass is 9.90. The number of carbonyl (C=O) groups is 2. The molecule has 1 aromatic carbocycles. The molecule has 0 heterocycles. The van der Waals surface area contributed by atoms with Gasteiger partial charge < -0.3 is 4.74 Å². The van der Waals surface area contributed by atoms with E-state index in [0.29, 0.717) is 11.3 Å². The lowest BCUT2D eigenvalue weighted by Crippen LogP contribution is -2.14. The second-order valence-corrected chi connectivity index (χ2v) is 4.73. The molecule has 1 unspecified atom stereocenters. The molecule has 0 aliphatic carbocycles. The van der Waals surface area contributed by atoms with Crippen molar-refractivity contribution in [3.05, 3.63) is 29.8 Å². The first-order valence-corrected chi connectivity index (χ1v) is 6.91. The van der Waals surface area contributed by atoms with Gasteiger partial charge in [0.05, 0.1) is 0 Å². The highest BCUT2D eigenvalue weighted by molar-refractivity contribution is 5.98. The summed E-state index contributed by atoms with van der Waals surface area (Å²) in [5.41, 5.74) is 0.627. The Morgan fingerprint density at radius 2 is 2.00 bits per heavy atom. The molecule has 0 N–H and O–H groups in total. The summed E-state index contributed by atoms with van der Waals surface area (Å²) in [5.74, 6) is 0.267. The molecule has 0 saturated heterocycles. The second kappa shape index (κ2) is 7.72. The van der Waals surface area contributed by atoms with E-state index in [-0.39, 0.29) is 17.7 Å².